The minimum absolute atomic E-state index is 0.277. The number of aromatic carboxylic acids is 1. The molecule has 0 amide bonds. The maximum atomic E-state index is 11.0. The lowest BCUT2D eigenvalue weighted by molar-refractivity contribution is 0.0699. The summed E-state index contributed by atoms with van der Waals surface area (Å²) in [6.07, 6.45) is 0. The molecule has 0 spiro atoms. The summed E-state index contributed by atoms with van der Waals surface area (Å²) in [5.74, 6) is -0.933. The maximum absolute atomic E-state index is 11.0. The fourth-order valence-electron chi connectivity index (χ4n) is 1.53. The van der Waals surface area contributed by atoms with E-state index < -0.39 is 5.97 Å². The monoisotopic (exact) mass is 268 g/mol. The summed E-state index contributed by atoms with van der Waals surface area (Å²) in [7, 11) is 0. The van der Waals surface area contributed by atoms with Crippen LogP contribution in [-0.2, 0) is 6.54 Å². The molecule has 0 unspecified atom stereocenters. The van der Waals surface area contributed by atoms with Gasteiger partial charge in [0.25, 0.3) is 0 Å². The quantitative estimate of drug-likeness (QED) is 0.911. The van der Waals surface area contributed by atoms with Crippen molar-refractivity contribution in [2.75, 3.05) is 0 Å². The van der Waals surface area contributed by atoms with Crippen molar-refractivity contribution in [3.63, 3.8) is 0 Å². The first-order valence-electron chi connectivity index (χ1n) is 4.53. The molecule has 0 saturated heterocycles. The molecule has 0 aliphatic rings. The number of carbonyl (C=O) groups is 1. The number of halogens is 1. The van der Waals surface area contributed by atoms with Crippen LogP contribution in [0.5, 0.6) is 0 Å². The number of benzene rings is 1. The second-order valence-electron chi connectivity index (χ2n) is 3.11. The number of rotatable bonds is 2. The van der Waals surface area contributed by atoms with Crippen molar-refractivity contribution in [3.05, 3.63) is 28.4 Å². The van der Waals surface area contributed by atoms with E-state index in [1.165, 1.54) is 0 Å². The molecule has 0 atom stereocenters. The molecule has 0 fully saturated rings. The van der Waals surface area contributed by atoms with Gasteiger partial charge in [-0.2, -0.15) is 5.10 Å². The molecule has 1 N–H and O–H groups in total. The van der Waals surface area contributed by atoms with Crippen molar-refractivity contribution < 1.29 is 9.90 Å². The Bertz CT molecular complexity index is 533. The number of fused-ring (bicyclic) bond motifs is 1. The summed E-state index contributed by atoms with van der Waals surface area (Å²) in [5.41, 5.74) is 0.975. The molecule has 0 aliphatic carbocycles. The van der Waals surface area contributed by atoms with Gasteiger partial charge in [0.1, 0.15) is 4.60 Å². The van der Waals surface area contributed by atoms with Crippen molar-refractivity contribution in [1.82, 2.24) is 9.78 Å². The van der Waals surface area contributed by atoms with E-state index in [1.54, 1.807) is 22.9 Å². The van der Waals surface area contributed by atoms with E-state index in [4.69, 9.17) is 5.11 Å². The van der Waals surface area contributed by atoms with Crippen molar-refractivity contribution in [2.45, 2.75) is 13.5 Å². The minimum atomic E-state index is -0.933. The molecule has 5 heteroatoms. The second-order valence-corrected chi connectivity index (χ2v) is 3.86. The van der Waals surface area contributed by atoms with Gasteiger partial charge in [0, 0.05) is 11.9 Å². The predicted octanol–water partition coefficient (Wildman–Crippen LogP) is 2.52. The second kappa shape index (κ2) is 3.66. The van der Waals surface area contributed by atoms with Gasteiger partial charge in [-0.05, 0) is 35.0 Å². The zero-order valence-corrected chi connectivity index (χ0v) is 9.65. The minimum Gasteiger partial charge on any atom is -0.478 e. The number of aromatic nitrogens is 2. The van der Waals surface area contributed by atoms with Crippen molar-refractivity contribution in [3.8, 4) is 0 Å². The van der Waals surface area contributed by atoms with Gasteiger partial charge < -0.3 is 5.11 Å². The molecule has 2 aromatic rings. The van der Waals surface area contributed by atoms with E-state index >= 15 is 0 Å². The van der Waals surface area contributed by atoms with Gasteiger partial charge in [-0.25, -0.2) is 4.79 Å². The van der Waals surface area contributed by atoms with Crippen LogP contribution in [0.4, 0.5) is 0 Å². The fraction of sp³-hybridized carbons (Fsp3) is 0.200. The Kier molecular flexibility index (Phi) is 2.48. The summed E-state index contributed by atoms with van der Waals surface area (Å²) in [6, 6.07) is 5.08. The highest BCUT2D eigenvalue weighted by molar-refractivity contribution is 9.10. The first kappa shape index (κ1) is 10.2. The zero-order valence-electron chi connectivity index (χ0n) is 8.07. The first-order chi connectivity index (χ1) is 7.15. The Morgan fingerprint density at radius 2 is 2.33 bits per heavy atom. The third-order valence-corrected chi connectivity index (χ3v) is 3.04. The van der Waals surface area contributed by atoms with Gasteiger partial charge in [-0.15, -0.1) is 0 Å². The van der Waals surface area contributed by atoms with Crippen LogP contribution in [-0.4, -0.2) is 20.9 Å². The van der Waals surface area contributed by atoms with E-state index in [9.17, 15) is 4.79 Å². The molecule has 1 aromatic carbocycles. The van der Waals surface area contributed by atoms with Crippen LogP contribution in [0.15, 0.2) is 22.8 Å². The largest absolute Gasteiger partial charge is 0.478 e. The molecule has 78 valence electrons. The Labute approximate surface area is 94.6 Å². The van der Waals surface area contributed by atoms with Crippen molar-refractivity contribution in [2.24, 2.45) is 0 Å². The van der Waals surface area contributed by atoms with Crippen LogP contribution in [0, 0.1) is 0 Å². The van der Waals surface area contributed by atoms with E-state index in [0.29, 0.717) is 17.4 Å². The molecule has 0 aliphatic heterocycles. The van der Waals surface area contributed by atoms with Crippen LogP contribution in [0.1, 0.15) is 17.3 Å². The molecular formula is C10H9BrN2O2. The Hall–Kier alpha value is -1.36. The molecule has 4 nitrogen and oxygen atoms in total. The Morgan fingerprint density at radius 3 is 2.93 bits per heavy atom. The molecule has 1 aromatic heterocycles. The average molecular weight is 269 g/mol. The molecule has 1 heterocycles. The van der Waals surface area contributed by atoms with Crippen LogP contribution in [0.2, 0.25) is 0 Å². The normalized spacial score (nSPS) is 10.8. The molecular weight excluding hydrogens is 260 g/mol. The van der Waals surface area contributed by atoms with Gasteiger partial charge in [-0.1, -0.05) is 6.07 Å². The highest BCUT2D eigenvalue weighted by Gasteiger charge is 2.15. The predicted molar refractivity (Wildman–Crippen MR) is 60.1 cm³/mol. The molecule has 0 saturated carbocycles. The highest BCUT2D eigenvalue weighted by atomic mass is 79.9. The maximum Gasteiger partial charge on any atom is 0.336 e. The fourth-order valence-corrected chi connectivity index (χ4v) is 2.28. The number of hydrogen-bond donors (Lipinski definition) is 1. The SMILES string of the molecule is CCn1nc2cccc(C(=O)O)c2c1Br. The van der Waals surface area contributed by atoms with Crippen molar-refractivity contribution in [1.29, 1.82) is 0 Å². The number of carboxylic acids is 1. The number of nitrogens with zero attached hydrogens (tertiary/aromatic N) is 2. The zero-order chi connectivity index (χ0) is 11.0. The summed E-state index contributed by atoms with van der Waals surface area (Å²) in [5, 5.41) is 14.0. The van der Waals surface area contributed by atoms with Crippen LogP contribution < -0.4 is 0 Å². The topological polar surface area (TPSA) is 55.1 Å². The first-order valence-corrected chi connectivity index (χ1v) is 5.32. The molecule has 2 rings (SSSR count). The van der Waals surface area contributed by atoms with Gasteiger partial charge >= 0.3 is 5.97 Å². The smallest absolute Gasteiger partial charge is 0.336 e. The third-order valence-electron chi connectivity index (χ3n) is 2.23. The van der Waals surface area contributed by atoms with Crippen LogP contribution in [0.25, 0.3) is 10.9 Å². The van der Waals surface area contributed by atoms with Crippen LogP contribution in [0.3, 0.4) is 0 Å². The summed E-state index contributed by atoms with van der Waals surface area (Å²) >= 11 is 3.37. The third kappa shape index (κ3) is 1.52. The summed E-state index contributed by atoms with van der Waals surface area (Å²) < 4.78 is 2.45. The molecule has 0 radical (unpaired) electrons. The van der Waals surface area contributed by atoms with E-state index in [2.05, 4.69) is 21.0 Å². The lowest BCUT2D eigenvalue weighted by Crippen LogP contribution is -1.97. The van der Waals surface area contributed by atoms with Gasteiger partial charge in [-0.3, -0.25) is 4.68 Å². The molecule has 15 heavy (non-hydrogen) atoms. The Balaban J connectivity index is 2.84. The highest BCUT2D eigenvalue weighted by Crippen LogP contribution is 2.27. The number of hydrogen-bond acceptors (Lipinski definition) is 2. The lowest BCUT2D eigenvalue weighted by Gasteiger charge is -1.97. The van der Waals surface area contributed by atoms with Crippen LogP contribution >= 0.6 is 15.9 Å². The van der Waals surface area contributed by atoms with Gasteiger partial charge in [0.2, 0.25) is 0 Å². The van der Waals surface area contributed by atoms with E-state index in [-0.39, 0.29) is 5.56 Å². The Morgan fingerprint density at radius 1 is 1.60 bits per heavy atom. The molecule has 0 bridgehead atoms. The summed E-state index contributed by atoms with van der Waals surface area (Å²) in [6.45, 7) is 2.66. The van der Waals surface area contributed by atoms with E-state index in [0.717, 1.165) is 4.60 Å². The van der Waals surface area contributed by atoms with E-state index in [1.807, 2.05) is 6.92 Å². The number of carboxylic acid groups (broad SMARTS) is 1. The average Bonchev–Trinajstić information content (AvgIpc) is 2.55. The van der Waals surface area contributed by atoms with Crippen molar-refractivity contribution >= 4 is 32.8 Å². The standard InChI is InChI=1S/C10H9BrN2O2/c1-2-13-9(11)8-6(10(14)15)4-3-5-7(8)12-13/h3-5H,2H2,1H3,(H,14,15). The lowest BCUT2D eigenvalue weighted by atomic mass is 10.1. The van der Waals surface area contributed by atoms with Gasteiger partial charge in [0.05, 0.1) is 11.1 Å². The number of aryl methyl sites for hydroxylation is 1. The summed E-state index contributed by atoms with van der Waals surface area (Å²) in [4.78, 5) is 11.0. The van der Waals surface area contributed by atoms with Gasteiger partial charge in [0.15, 0.2) is 0 Å².